The van der Waals surface area contributed by atoms with Gasteiger partial charge in [0.1, 0.15) is 5.76 Å². The maximum atomic E-state index is 13.9. The number of oxazole rings is 1. The number of rotatable bonds is 3. The second kappa shape index (κ2) is 6.37. The zero-order chi connectivity index (χ0) is 16.6. The molecule has 0 saturated carbocycles. The van der Waals surface area contributed by atoms with Gasteiger partial charge in [-0.15, -0.1) is 0 Å². The van der Waals surface area contributed by atoms with Gasteiger partial charge in [-0.25, -0.2) is 13.8 Å². The Balaban J connectivity index is 1.82. The summed E-state index contributed by atoms with van der Waals surface area (Å²) >= 11 is 0. The average Bonchev–Trinajstić information content (AvgIpc) is 2.82. The predicted octanol–water partition coefficient (Wildman–Crippen LogP) is 3.54. The predicted molar refractivity (Wildman–Crippen MR) is 81.9 cm³/mol. The van der Waals surface area contributed by atoms with E-state index in [0.717, 1.165) is 24.8 Å². The van der Waals surface area contributed by atoms with Crippen LogP contribution in [0.25, 0.3) is 11.5 Å². The van der Waals surface area contributed by atoms with Crippen molar-refractivity contribution < 1.29 is 17.9 Å². The summed E-state index contributed by atoms with van der Waals surface area (Å²) in [6.07, 6.45) is 0.317. The van der Waals surface area contributed by atoms with Crippen LogP contribution in [0.15, 0.2) is 22.6 Å². The molecular formula is C17H20F2N2O2. The Morgan fingerprint density at radius 3 is 2.61 bits per heavy atom. The van der Waals surface area contributed by atoms with Gasteiger partial charge in [-0.2, -0.15) is 0 Å². The minimum Gasteiger partial charge on any atom is -0.441 e. The molecule has 23 heavy (non-hydrogen) atoms. The first-order chi connectivity index (χ1) is 10.9. The van der Waals surface area contributed by atoms with Crippen LogP contribution in [-0.4, -0.2) is 35.2 Å². The standard InChI is InChI=1S/C17H20F2N2O2/c1-10-7-21(8-11(2)22-10)9-15-12(3)23-17(20-15)13-5-4-6-14(18)16(13)19/h4-6,10-11H,7-9H2,1-3H3/t10-,11+. The van der Waals surface area contributed by atoms with E-state index in [1.165, 1.54) is 12.1 Å². The van der Waals surface area contributed by atoms with Gasteiger partial charge >= 0.3 is 0 Å². The maximum absolute atomic E-state index is 13.9. The molecule has 1 saturated heterocycles. The molecule has 0 unspecified atom stereocenters. The van der Waals surface area contributed by atoms with Crippen molar-refractivity contribution >= 4 is 0 Å². The quantitative estimate of drug-likeness (QED) is 0.866. The average molecular weight is 322 g/mol. The van der Waals surface area contributed by atoms with Gasteiger partial charge in [0.2, 0.25) is 5.89 Å². The molecule has 1 aliphatic rings. The molecule has 0 radical (unpaired) electrons. The van der Waals surface area contributed by atoms with Crippen molar-refractivity contribution in [3.8, 4) is 11.5 Å². The van der Waals surface area contributed by atoms with E-state index < -0.39 is 11.6 Å². The lowest BCUT2D eigenvalue weighted by Gasteiger charge is -2.34. The van der Waals surface area contributed by atoms with E-state index in [-0.39, 0.29) is 23.7 Å². The van der Waals surface area contributed by atoms with Gasteiger partial charge in [0.15, 0.2) is 11.6 Å². The normalized spacial score (nSPS) is 22.5. The molecule has 0 amide bonds. The summed E-state index contributed by atoms with van der Waals surface area (Å²) in [4.78, 5) is 6.60. The van der Waals surface area contributed by atoms with Crippen LogP contribution in [0.5, 0.6) is 0 Å². The fraction of sp³-hybridized carbons (Fsp3) is 0.471. The van der Waals surface area contributed by atoms with Crippen molar-refractivity contribution in [1.82, 2.24) is 9.88 Å². The number of nitrogens with zero attached hydrogens (tertiary/aromatic N) is 2. The molecule has 2 aromatic rings. The number of halogens is 2. The van der Waals surface area contributed by atoms with Gasteiger partial charge in [0.25, 0.3) is 0 Å². The summed E-state index contributed by atoms with van der Waals surface area (Å²) in [5.41, 5.74) is 0.785. The lowest BCUT2D eigenvalue weighted by atomic mass is 10.2. The summed E-state index contributed by atoms with van der Waals surface area (Å²) < 4.78 is 38.5. The van der Waals surface area contributed by atoms with Gasteiger partial charge in [-0.3, -0.25) is 4.90 Å². The van der Waals surface area contributed by atoms with Crippen LogP contribution in [-0.2, 0) is 11.3 Å². The summed E-state index contributed by atoms with van der Waals surface area (Å²) in [6, 6.07) is 3.98. The van der Waals surface area contributed by atoms with E-state index in [4.69, 9.17) is 9.15 Å². The molecule has 0 spiro atoms. The third-order valence-corrected chi connectivity index (χ3v) is 3.94. The fourth-order valence-corrected chi connectivity index (χ4v) is 2.98. The third-order valence-electron chi connectivity index (χ3n) is 3.94. The molecule has 1 fully saturated rings. The molecular weight excluding hydrogens is 302 g/mol. The van der Waals surface area contributed by atoms with Crippen LogP contribution in [0.1, 0.15) is 25.3 Å². The van der Waals surface area contributed by atoms with Crippen molar-refractivity contribution in [3.63, 3.8) is 0 Å². The molecule has 1 aliphatic heterocycles. The Morgan fingerprint density at radius 2 is 1.91 bits per heavy atom. The second-order valence-corrected chi connectivity index (χ2v) is 6.07. The van der Waals surface area contributed by atoms with E-state index in [9.17, 15) is 8.78 Å². The first kappa shape index (κ1) is 16.1. The van der Waals surface area contributed by atoms with Crippen LogP contribution in [0.4, 0.5) is 8.78 Å². The van der Waals surface area contributed by atoms with Gasteiger partial charge in [-0.1, -0.05) is 6.07 Å². The first-order valence-electron chi connectivity index (χ1n) is 7.72. The monoisotopic (exact) mass is 322 g/mol. The highest BCUT2D eigenvalue weighted by atomic mass is 19.2. The van der Waals surface area contributed by atoms with Crippen LogP contribution < -0.4 is 0 Å². The van der Waals surface area contributed by atoms with E-state index in [0.29, 0.717) is 12.3 Å². The smallest absolute Gasteiger partial charge is 0.229 e. The number of aryl methyl sites for hydroxylation is 1. The van der Waals surface area contributed by atoms with Crippen LogP contribution in [0.2, 0.25) is 0 Å². The minimum atomic E-state index is -0.936. The molecule has 0 aliphatic carbocycles. The number of benzene rings is 1. The van der Waals surface area contributed by atoms with Gasteiger partial charge < -0.3 is 9.15 Å². The molecule has 6 heteroatoms. The lowest BCUT2D eigenvalue weighted by molar-refractivity contribution is -0.0708. The van der Waals surface area contributed by atoms with Crippen LogP contribution >= 0.6 is 0 Å². The van der Waals surface area contributed by atoms with E-state index in [1.807, 2.05) is 13.8 Å². The Morgan fingerprint density at radius 1 is 1.22 bits per heavy atom. The van der Waals surface area contributed by atoms with E-state index in [1.54, 1.807) is 6.92 Å². The van der Waals surface area contributed by atoms with Gasteiger partial charge in [0.05, 0.1) is 23.5 Å². The number of hydrogen-bond acceptors (Lipinski definition) is 4. The molecule has 2 heterocycles. The topological polar surface area (TPSA) is 38.5 Å². The zero-order valence-electron chi connectivity index (χ0n) is 13.5. The summed E-state index contributed by atoms with van der Waals surface area (Å²) in [5.74, 6) is -1.11. The molecule has 124 valence electrons. The molecule has 3 rings (SSSR count). The van der Waals surface area contributed by atoms with Crippen molar-refractivity contribution in [2.24, 2.45) is 0 Å². The highest BCUT2D eigenvalue weighted by Crippen LogP contribution is 2.26. The van der Waals surface area contributed by atoms with Crippen LogP contribution in [0.3, 0.4) is 0 Å². The van der Waals surface area contributed by atoms with E-state index in [2.05, 4.69) is 9.88 Å². The largest absolute Gasteiger partial charge is 0.441 e. The fourth-order valence-electron chi connectivity index (χ4n) is 2.98. The summed E-state index contributed by atoms with van der Waals surface area (Å²) in [6.45, 7) is 8.07. The summed E-state index contributed by atoms with van der Waals surface area (Å²) in [5, 5.41) is 0. The highest BCUT2D eigenvalue weighted by Gasteiger charge is 2.24. The molecule has 0 N–H and O–H groups in total. The van der Waals surface area contributed by atoms with Crippen molar-refractivity contribution in [2.75, 3.05) is 13.1 Å². The molecule has 1 aromatic heterocycles. The summed E-state index contributed by atoms with van der Waals surface area (Å²) in [7, 11) is 0. The van der Waals surface area contributed by atoms with E-state index >= 15 is 0 Å². The first-order valence-corrected chi connectivity index (χ1v) is 7.72. The highest BCUT2D eigenvalue weighted by molar-refractivity contribution is 5.54. The molecule has 4 nitrogen and oxygen atoms in total. The van der Waals surface area contributed by atoms with Crippen molar-refractivity contribution in [3.05, 3.63) is 41.3 Å². The number of ether oxygens (including phenoxy) is 1. The third kappa shape index (κ3) is 3.43. The minimum absolute atomic E-state index is 0.0445. The Labute approximate surface area is 134 Å². The second-order valence-electron chi connectivity index (χ2n) is 6.07. The number of morpholine rings is 1. The lowest BCUT2D eigenvalue weighted by Crippen LogP contribution is -2.44. The van der Waals surface area contributed by atoms with Gasteiger partial charge in [0, 0.05) is 19.6 Å². The molecule has 0 bridgehead atoms. The van der Waals surface area contributed by atoms with Gasteiger partial charge in [-0.05, 0) is 32.9 Å². The Kier molecular flexibility index (Phi) is 4.46. The SMILES string of the molecule is Cc1oc(-c2cccc(F)c2F)nc1CN1C[C@@H](C)O[C@@H](C)C1. The van der Waals surface area contributed by atoms with Crippen molar-refractivity contribution in [1.29, 1.82) is 0 Å². The maximum Gasteiger partial charge on any atom is 0.229 e. The molecule has 1 aromatic carbocycles. The zero-order valence-corrected chi connectivity index (χ0v) is 13.5. The molecule has 2 atom stereocenters. The number of hydrogen-bond donors (Lipinski definition) is 0. The van der Waals surface area contributed by atoms with Crippen molar-refractivity contribution in [2.45, 2.75) is 39.5 Å². The van der Waals surface area contributed by atoms with Crippen LogP contribution in [0, 0.1) is 18.6 Å². The Bertz CT molecular complexity index is 692. The Hall–Kier alpha value is -1.79. The number of aromatic nitrogens is 1.